The molecule has 0 fully saturated rings. The molecule has 0 spiro atoms. The van der Waals surface area contributed by atoms with Crippen LogP contribution >= 0.6 is 0 Å². The van der Waals surface area contributed by atoms with Gasteiger partial charge in [0.25, 0.3) is 23.6 Å². The lowest BCUT2D eigenvalue weighted by atomic mass is 9.60. The van der Waals surface area contributed by atoms with E-state index < -0.39 is 35.7 Å². The van der Waals surface area contributed by atoms with E-state index in [-0.39, 0.29) is 63.2 Å². The molecule has 0 aromatic heterocycles. The summed E-state index contributed by atoms with van der Waals surface area (Å²) in [5, 5.41) is 0. The van der Waals surface area contributed by atoms with Crippen molar-refractivity contribution in [2.75, 3.05) is 9.80 Å². The molecule has 10 heteroatoms. The number of para-hydroxylation sites is 6. The van der Waals surface area contributed by atoms with Gasteiger partial charge < -0.3 is 18.9 Å². The minimum atomic E-state index is -1.13. The highest BCUT2D eigenvalue weighted by Gasteiger charge is 2.56. The zero-order chi connectivity index (χ0) is 66.0. The number of anilines is 2. The molecule has 0 N–H and O–H groups in total. The van der Waals surface area contributed by atoms with Crippen LogP contribution in [0.1, 0.15) is 151 Å². The SMILES string of the molecule is C=CCc1ccccc1OC1=CC2=C3C(=CC(Oc4ccccc4CC=C)=C4c5c(Oc6ccccc6CC=C)cc6c7c5C(=C1C34)C(Oc1ccccc1CC=C)C=C7C(=O)N(c1c(C(C)C)cccc1C(C)C)C6=O)C(=O)N(c1c(C(C)C)cccc1C(C)C)C2=O. The van der Waals surface area contributed by atoms with Crippen molar-refractivity contribution in [2.24, 2.45) is 5.92 Å². The Morgan fingerprint density at radius 1 is 0.415 bits per heavy atom. The van der Waals surface area contributed by atoms with E-state index in [1.54, 1.807) is 18.2 Å². The van der Waals surface area contributed by atoms with Gasteiger partial charge in [-0.25, -0.2) is 9.80 Å². The number of benzene rings is 7. The molecule has 2 atom stereocenters. The second-order valence-electron chi connectivity index (χ2n) is 25.9. The predicted octanol–water partition coefficient (Wildman–Crippen LogP) is 18.9. The van der Waals surface area contributed by atoms with Gasteiger partial charge in [-0.05, 0) is 148 Å². The smallest absolute Gasteiger partial charge is 0.266 e. The van der Waals surface area contributed by atoms with E-state index in [1.165, 1.54) is 9.80 Å². The maximum absolute atomic E-state index is 16.6. The van der Waals surface area contributed by atoms with Gasteiger partial charge in [-0.3, -0.25) is 19.2 Å². The summed E-state index contributed by atoms with van der Waals surface area (Å²) < 4.78 is 30.2. The summed E-state index contributed by atoms with van der Waals surface area (Å²) in [5.41, 5.74) is 11.9. The molecule has 2 heterocycles. The number of nitrogens with zero attached hydrogens (tertiary/aromatic N) is 2. The molecule has 10 nitrogen and oxygen atoms in total. The predicted molar refractivity (Wildman–Crippen MR) is 376 cm³/mol. The van der Waals surface area contributed by atoms with Crippen LogP contribution in [0.5, 0.6) is 28.7 Å². The lowest BCUT2D eigenvalue weighted by Gasteiger charge is -2.47. The highest BCUT2D eigenvalue weighted by Crippen LogP contribution is 2.64. The van der Waals surface area contributed by atoms with Crippen molar-refractivity contribution in [1.82, 2.24) is 0 Å². The minimum absolute atomic E-state index is 0.0862. The van der Waals surface area contributed by atoms with Crippen LogP contribution < -0.4 is 28.7 Å². The molecule has 0 radical (unpaired) electrons. The highest BCUT2D eigenvalue weighted by molar-refractivity contribution is 6.43. The second kappa shape index (κ2) is 25.1. The number of rotatable bonds is 22. The largest absolute Gasteiger partial charge is 0.481 e. The average molecular weight is 1240 g/mol. The molecule has 4 aliphatic carbocycles. The Hall–Kier alpha value is -10.6. The Morgan fingerprint density at radius 2 is 0.851 bits per heavy atom. The number of fused-ring (bicyclic) bond motifs is 1. The molecule has 2 aliphatic heterocycles. The molecule has 7 aromatic carbocycles. The fraction of sp³-hybridized carbons (Fsp3) is 0.214. The summed E-state index contributed by atoms with van der Waals surface area (Å²) in [7, 11) is 0. The third-order valence-corrected chi connectivity index (χ3v) is 18.6. The number of allylic oxidation sites excluding steroid dienone is 7. The van der Waals surface area contributed by atoms with Gasteiger partial charge in [-0.1, -0.05) is 189 Å². The summed E-state index contributed by atoms with van der Waals surface area (Å²) in [6, 6.07) is 44.6. The third kappa shape index (κ3) is 10.4. The van der Waals surface area contributed by atoms with Crippen molar-refractivity contribution in [2.45, 2.75) is 111 Å². The number of hydrogen-bond donors (Lipinski definition) is 0. The summed E-state index contributed by atoms with van der Waals surface area (Å²) in [4.78, 5) is 69.0. The summed E-state index contributed by atoms with van der Waals surface area (Å²) in [5.74, 6) is -0.723. The molecule has 2 unspecified atom stereocenters. The van der Waals surface area contributed by atoms with E-state index >= 15 is 19.2 Å². The van der Waals surface area contributed by atoms with Crippen LogP contribution in [0.4, 0.5) is 11.4 Å². The van der Waals surface area contributed by atoms with Crippen molar-refractivity contribution < 1.29 is 38.1 Å². The Morgan fingerprint density at radius 3 is 1.34 bits per heavy atom. The molecule has 94 heavy (non-hydrogen) atoms. The molecule has 0 saturated heterocycles. The average Bonchev–Trinajstić information content (AvgIpc) is 0.671. The van der Waals surface area contributed by atoms with Gasteiger partial charge in [-0.15, -0.1) is 26.3 Å². The number of carbonyl (C=O) groups is 4. The fourth-order valence-corrected chi connectivity index (χ4v) is 14.4. The summed E-state index contributed by atoms with van der Waals surface area (Å²) >= 11 is 0. The first-order valence-electron chi connectivity index (χ1n) is 32.6. The van der Waals surface area contributed by atoms with Crippen molar-refractivity contribution in [3.63, 3.8) is 0 Å². The van der Waals surface area contributed by atoms with Gasteiger partial charge >= 0.3 is 0 Å². The van der Waals surface area contributed by atoms with Crippen LogP contribution in [0.15, 0.2) is 242 Å². The maximum Gasteiger partial charge on any atom is 0.266 e. The first kappa shape index (κ1) is 62.2. The van der Waals surface area contributed by atoms with Gasteiger partial charge in [-0.2, -0.15) is 0 Å². The summed E-state index contributed by atoms with van der Waals surface area (Å²) in [6.07, 6.45) is 13.3. The van der Waals surface area contributed by atoms with Crippen LogP contribution in [0.3, 0.4) is 0 Å². The molecular formula is C84H76N2O8. The number of carbonyl (C=O) groups excluding carboxylic acids is 4. The number of imide groups is 2. The van der Waals surface area contributed by atoms with Crippen LogP contribution in [0.25, 0.3) is 16.7 Å². The van der Waals surface area contributed by atoms with E-state index in [9.17, 15) is 0 Å². The van der Waals surface area contributed by atoms with Gasteiger partial charge in [0.05, 0.1) is 16.9 Å². The van der Waals surface area contributed by atoms with Crippen LogP contribution in [-0.4, -0.2) is 29.7 Å². The highest BCUT2D eigenvalue weighted by atomic mass is 16.5. The summed E-state index contributed by atoms with van der Waals surface area (Å²) in [6.45, 7) is 33.0. The molecule has 6 aliphatic rings. The normalized spacial score (nSPS) is 16.9. The van der Waals surface area contributed by atoms with Gasteiger partial charge in [0, 0.05) is 56.0 Å². The van der Waals surface area contributed by atoms with Crippen molar-refractivity contribution in [3.8, 4) is 28.7 Å². The lowest BCUT2D eigenvalue weighted by molar-refractivity contribution is -0.123. The molecular weight excluding hydrogens is 1160 g/mol. The third-order valence-electron chi connectivity index (χ3n) is 18.6. The van der Waals surface area contributed by atoms with Crippen molar-refractivity contribution in [3.05, 3.63) is 309 Å². The number of ether oxygens (including phenoxy) is 4. The Balaban J connectivity index is 1.23. The Bertz CT molecular complexity index is 4590. The molecule has 7 aromatic rings. The number of hydrogen-bond acceptors (Lipinski definition) is 8. The lowest BCUT2D eigenvalue weighted by Crippen LogP contribution is -2.48. The van der Waals surface area contributed by atoms with E-state index in [0.29, 0.717) is 99.0 Å². The van der Waals surface area contributed by atoms with Crippen LogP contribution in [0, 0.1) is 5.92 Å². The standard InChI is InChI=1S/C84H76N2O8/c1-13-27-51-31-17-21-39-63(51)91-67-43-59-71-60(82(88)85(81(59)87)79-55(47(5)6)35-25-36-56(79)48(7)8)45-69(93-65-41-23-19-33-53(65)29-15-3)75-76-70(94-66-42-24-20-34-54(66)30-16-4)46-62-72-61(83(89)86(84(62)90)80-57(49(9)10)37-26-38-58(80)50(11)12)44-68(74(78(72)76)73(67)77(71)75)92-64-40-22-18-32-52(64)28-14-2/h13-26,31-50,67,78H,1-4,27-30H2,5-12H3. The fourth-order valence-electron chi connectivity index (χ4n) is 14.4. The topological polar surface area (TPSA) is 112 Å². The molecule has 4 amide bonds. The Kier molecular flexibility index (Phi) is 16.6. The second-order valence-corrected chi connectivity index (χ2v) is 25.9. The maximum atomic E-state index is 16.6. The van der Waals surface area contributed by atoms with Crippen molar-refractivity contribution >= 4 is 51.7 Å². The number of amides is 4. The zero-order valence-corrected chi connectivity index (χ0v) is 54.6. The van der Waals surface area contributed by atoms with Gasteiger partial charge in [0.2, 0.25) is 0 Å². The van der Waals surface area contributed by atoms with Gasteiger partial charge in [0.1, 0.15) is 46.4 Å². The quantitative estimate of drug-likeness (QED) is 0.0487. The van der Waals surface area contributed by atoms with E-state index in [0.717, 1.165) is 44.5 Å². The van der Waals surface area contributed by atoms with Crippen LogP contribution in [-0.2, 0) is 40.1 Å². The first-order valence-corrected chi connectivity index (χ1v) is 32.6. The van der Waals surface area contributed by atoms with Gasteiger partial charge in [0.15, 0.2) is 0 Å². The van der Waals surface area contributed by atoms with E-state index in [1.807, 2.05) is 164 Å². The van der Waals surface area contributed by atoms with E-state index in [4.69, 9.17) is 18.9 Å². The monoisotopic (exact) mass is 1240 g/mol. The molecule has 0 bridgehead atoms. The minimum Gasteiger partial charge on any atom is -0.481 e. The van der Waals surface area contributed by atoms with E-state index in [2.05, 4.69) is 81.7 Å². The first-order chi connectivity index (χ1) is 45.5. The zero-order valence-electron chi connectivity index (χ0n) is 54.6. The Labute approximate surface area is 551 Å². The molecule has 0 saturated carbocycles. The molecule has 13 rings (SSSR count). The van der Waals surface area contributed by atoms with Crippen LogP contribution in [0.2, 0.25) is 0 Å². The van der Waals surface area contributed by atoms with Crippen molar-refractivity contribution in [1.29, 1.82) is 0 Å². The molecule has 470 valence electrons.